The predicted molar refractivity (Wildman–Crippen MR) is 144 cm³/mol. The zero-order valence-corrected chi connectivity index (χ0v) is 21.0. The van der Waals surface area contributed by atoms with Gasteiger partial charge in [0.2, 0.25) is 5.88 Å². The van der Waals surface area contributed by atoms with Crippen LogP contribution in [0.1, 0.15) is 18.4 Å². The summed E-state index contributed by atoms with van der Waals surface area (Å²) in [6, 6.07) is 11.4. The highest BCUT2D eigenvalue weighted by atomic mass is 32.2. The first-order chi connectivity index (χ1) is 18.4. The van der Waals surface area contributed by atoms with Crippen molar-refractivity contribution in [3.8, 4) is 17.0 Å². The second-order valence-corrected chi connectivity index (χ2v) is 10.1. The lowest BCUT2D eigenvalue weighted by Gasteiger charge is -2.14. The van der Waals surface area contributed by atoms with Gasteiger partial charge in [0.25, 0.3) is 10.0 Å². The molecule has 0 aliphatic carbocycles. The predicted octanol–water partition coefficient (Wildman–Crippen LogP) is 6.15. The zero-order chi connectivity index (χ0) is 26.7. The van der Waals surface area contributed by atoms with Gasteiger partial charge in [-0.05, 0) is 60.4 Å². The van der Waals surface area contributed by atoms with Crippen molar-refractivity contribution >= 4 is 38.4 Å². The molecule has 0 bridgehead atoms. The highest BCUT2D eigenvalue weighted by Gasteiger charge is 2.22. The van der Waals surface area contributed by atoms with E-state index in [1.54, 1.807) is 18.5 Å². The third kappa shape index (κ3) is 5.16. The molecule has 3 heterocycles. The van der Waals surface area contributed by atoms with Crippen LogP contribution in [0, 0.1) is 11.6 Å². The monoisotopic (exact) mass is 532 g/mol. The van der Waals surface area contributed by atoms with Crippen molar-refractivity contribution in [1.82, 2.24) is 9.97 Å². The number of aliphatic imine (C=N–C) groups is 1. The van der Waals surface area contributed by atoms with Crippen molar-refractivity contribution in [2.45, 2.75) is 17.7 Å². The number of benzene rings is 2. The van der Waals surface area contributed by atoms with Crippen molar-refractivity contribution in [2.75, 3.05) is 11.8 Å². The Kier molecular flexibility index (Phi) is 6.97. The Morgan fingerprint density at radius 3 is 2.66 bits per heavy atom. The lowest BCUT2D eigenvalue weighted by molar-refractivity contribution is 0.400. The number of allylic oxidation sites excluding steroid dienone is 3. The highest BCUT2D eigenvalue weighted by Crippen LogP contribution is 2.34. The van der Waals surface area contributed by atoms with E-state index in [0.29, 0.717) is 11.6 Å². The standard InChI is InChI=1S/C28H22F2N4O3S/c1-37-28-26(34-38(35,36)27-9-7-21(29)15-24(27)30)14-20(17-33-28)18-6-8-25-23(13-18)22(10-12-32-25)19-5-3-2-4-11-31-16-19/h3,5-17,34H,2,4H2,1H3. The number of nitrogens with zero attached hydrogens (tertiary/aromatic N) is 3. The minimum atomic E-state index is -4.40. The topological polar surface area (TPSA) is 93.5 Å². The molecule has 1 N–H and O–H groups in total. The number of hydrogen-bond acceptors (Lipinski definition) is 6. The molecule has 0 amide bonds. The first kappa shape index (κ1) is 25.2. The molecule has 0 unspecified atom stereocenters. The summed E-state index contributed by atoms with van der Waals surface area (Å²) in [4.78, 5) is 12.4. The average Bonchev–Trinajstić information content (AvgIpc) is 2.87. The fourth-order valence-corrected chi connectivity index (χ4v) is 5.22. The summed E-state index contributed by atoms with van der Waals surface area (Å²) in [6.45, 7) is 0. The quantitative estimate of drug-likeness (QED) is 0.322. The number of fused-ring (bicyclic) bond motifs is 1. The first-order valence-corrected chi connectivity index (χ1v) is 13.1. The molecule has 1 aliphatic rings. The molecule has 0 atom stereocenters. The second kappa shape index (κ2) is 10.5. The Balaban J connectivity index is 1.57. The molecule has 192 valence electrons. The first-order valence-electron chi connectivity index (χ1n) is 11.7. The molecule has 5 rings (SSSR count). The van der Waals surface area contributed by atoms with Gasteiger partial charge in [0.1, 0.15) is 22.2 Å². The van der Waals surface area contributed by atoms with Crippen molar-refractivity contribution in [2.24, 2.45) is 4.99 Å². The van der Waals surface area contributed by atoms with Crippen LogP contribution in [-0.4, -0.2) is 31.7 Å². The van der Waals surface area contributed by atoms with Gasteiger partial charge in [-0.1, -0.05) is 18.2 Å². The van der Waals surface area contributed by atoms with E-state index in [9.17, 15) is 17.2 Å². The number of anilines is 1. The number of methoxy groups -OCH3 is 1. The summed E-state index contributed by atoms with van der Waals surface area (Å²) < 4.78 is 60.9. The van der Waals surface area contributed by atoms with E-state index in [1.165, 1.54) is 7.11 Å². The number of rotatable bonds is 6. The molecule has 0 fully saturated rings. The third-order valence-corrected chi connectivity index (χ3v) is 7.34. The molecule has 7 nitrogen and oxygen atoms in total. The van der Waals surface area contributed by atoms with E-state index in [0.717, 1.165) is 52.6 Å². The molecule has 1 aliphatic heterocycles. The zero-order valence-electron chi connectivity index (χ0n) is 20.2. The fraction of sp³-hybridized carbons (Fsp3) is 0.107. The third-order valence-electron chi connectivity index (χ3n) is 5.94. The number of sulfonamides is 1. The Morgan fingerprint density at radius 2 is 1.84 bits per heavy atom. The molecule has 4 aromatic rings. The molecule has 2 aromatic heterocycles. The van der Waals surface area contributed by atoms with Gasteiger partial charge in [-0.2, -0.15) is 0 Å². The van der Waals surface area contributed by atoms with Crippen LogP contribution in [0.4, 0.5) is 14.5 Å². The summed E-state index contributed by atoms with van der Waals surface area (Å²) in [5.74, 6) is -2.10. The smallest absolute Gasteiger partial charge is 0.264 e. The summed E-state index contributed by atoms with van der Waals surface area (Å²) in [5.41, 5.74) is 3.99. The Labute approximate surface area is 218 Å². The molecule has 2 aromatic carbocycles. The Hall–Kier alpha value is -4.44. The minimum absolute atomic E-state index is 0.000212. The van der Waals surface area contributed by atoms with Crippen LogP contribution in [0.2, 0.25) is 0 Å². The van der Waals surface area contributed by atoms with Crippen LogP contribution in [-0.2, 0) is 10.0 Å². The molecule has 10 heteroatoms. The summed E-state index contributed by atoms with van der Waals surface area (Å²) in [7, 11) is -3.07. The maximum absolute atomic E-state index is 14.2. The van der Waals surface area contributed by atoms with Crippen LogP contribution in [0.25, 0.3) is 27.6 Å². The fourth-order valence-electron chi connectivity index (χ4n) is 4.11. The van der Waals surface area contributed by atoms with Crippen molar-refractivity contribution < 1.29 is 21.9 Å². The van der Waals surface area contributed by atoms with Gasteiger partial charge in [0.05, 0.1) is 12.6 Å². The highest BCUT2D eigenvalue weighted by molar-refractivity contribution is 7.92. The van der Waals surface area contributed by atoms with Crippen LogP contribution in [0.3, 0.4) is 0 Å². The van der Waals surface area contributed by atoms with Gasteiger partial charge in [-0.15, -0.1) is 0 Å². The van der Waals surface area contributed by atoms with Gasteiger partial charge in [0.15, 0.2) is 0 Å². The van der Waals surface area contributed by atoms with Crippen LogP contribution >= 0.6 is 0 Å². The lowest BCUT2D eigenvalue weighted by Crippen LogP contribution is -2.15. The van der Waals surface area contributed by atoms with E-state index in [1.807, 2.05) is 42.8 Å². The summed E-state index contributed by atoms with van der Waals surface area (Å²) >= 11 is 0. The molecule has 0 saturated carbocycles. The average molecular weight is 533 g/mol. The second-order valence-electron chi connectivity index (χ2n) is 8.45. The van der Waals surface area contributed by atoms with Crippen molar-refractivity contribution in [3.05, 3.63) is 96.5 Å². The normalized spacial score (nSPS) is 13.6. The number of ether oxygens (including phenoxy) is 1. The van der Waals surface area contributed by atoms with Crippen LogP contribution < -0.4 is 9.46 Å². The summed E-state index contributed by atoms with van der Waals surface area (Å²) in [5, 5.41) is 0.878. The molecule has 0 spiro atoms. The van der Waals surface area contributed by atoms with Gasteiger partial charge < -0.3 is 4.74 Å². The molecule has 0 saturated heterocycles. The van der Waals surface area contributed by atoms with Gasteiger partial charge >= 0.3 is 0 Å². The molecular weight excluding hydrogens is 510 g/mol. The number of hydrogen-bond donors (Lipinski definition) is 1. The number of pyridine rings is 2. The molecule has 38 heavy (non-hydrogen) atoms. The van der Waals surface area contributed by atoms with Crippen molar-refractivity contribution in [3.63, 3.8) is 0 Å². The number of aromatic nitrogens is 2. The maximum Gasteiger partial charge on any atom is 0.264 e. The van der Waals surface area contributed by atoms with Gasteiger partial charge in [-0.25, -0.2) is 22.2 Å². The molecular formula is C28H22F2N4O3S. The van der Waals surface area contributed by atoms with Crippen molar-refractivity contribution in [1.29, 1.82) is 0 Å². The van der Waals surface area contributed by atoms with Crippen LogP contribution in [0.5, 0.6) is 5.88 Å². The number of nitrogens with one attached hydrogen (secondary N) is 1. The lowest BCUT2D eigenvalue weighted by atomic mass is 9.97. The summed E-state index contributed by atoms with van der Waals surface area (Å²) in [6.07, 6.45) is 12.9. The van der Waals surface area contributed by atoms with E-state index < -0.39 is 26.6 Å². The van der Waals surface area contributed by atoms with E-state index in [4.69, 9.17) is 4.74 Å². The maximum atomic E-state index is 14.2. The van der Waals surface area contributed by atoms with E-state index >= 15 is 0 Å². The largest absolute Gasteiger partial charge is 0.480 e. The van der Waals surface area contributed by atoms with Gasteiger partial charge in [-0.3, -0.25) is 14.7 Å². The Morgan fingerprint density at radius 1 is 0.974 bits per heavy atom. The SMILES string of the molecule is COc1ncc(-c2ccc3nccc(C4=CN=CCCC=C4)c3c2)cc1NS(=O)(=O)c1ccc(F)cc1F. The van der Waals surface area contributed by atoms with Gasteiger partial charge in [0, 0.05) is 47.4 Å². The Bertz CT molecular complexity index is 1730. The minimum Gasteiger partial charge on any atom is -0.480 e. The van der Waals surface area contributed by atoms with E-state index in [-0.39, 0.29) is 11.6 Å². The number of halogens is 2. The van der Waals surface area contributed by atoms with E-state index in [2.05, 4.69) is 25.8 Å². The van der Waals surface area contributed by atoms with Crippen LogP contribution in [0.15, 0.2) is 89.2 Å². The molecule has 0 radical (unpaired) electrons.